The summed E-state index contributed by atoms with van der Waals surface area (Å²) in [5.74, 6) is -4.92. The zero-order valence-corrected chi connectivity index (χ0v) is 37.7. The van der Waals surface area contributed by atoms with E-state index in [1.807, 2.05) is 37.3 Å². The number of esters is 2. The molecule has 0 aromatic heterocycles. The van der Waals surface area contributed by atoms with E-state index in [9.17, 15) is 38.4 Å². The summed E-state index contributed by atoms with van der Waals surface area (Å²) in [5, 5.41) is 12.6. The zero-order chi connectivity index (χ0) is 48.4. The Morgan fingerprint density at radius 2 is 0.940 bits per heavy atom. The number of hydrogen-bond acceptors (Lipinski definition) is 11. The molecule has 0 saturated carbocycles. The van der Waals surface area contributed by atoms with Crippen LogP contribution in [0.3, 0.4) is 0 Å². The average molecular weight is 917 g/mol. The van der Waals surface area contributed by atoms with Crippen molar-refractivity contribution in [1.82, 2.24) is 5.32 Å². The van der Waals surface area contributed by atoms with Crippen LogP contribution in [-0.2, 0) is 19.1 Å². The minimum Gasteiger partial charge on any atom is -0.454 e. The smallest absolute Gasteiger partial charge is 0.339 e. The van der Waals surface area contributed by atoms with Gasteiger partial charge in [-0.15, -0.1) is 0 Å². The monoisotopic (exact) mass is 916 g/mol. The molecule has 0 atom stereocenters. The molecule has 4 amide bonds. The minimum atomic E-state index is -0.960. The summed E-state index contributed by atoms with van der Waals surface area (Å²) in [6, 6.07) is 32.9. The summed E-state index contributed by atoms with van der Waals surface area (Å²) >= 11 is 1.10. The van der Waals surface area contributed by atoms with Crippen LogP contribution in [0.15, 0.2) is 155 Å². The van der Waals surface area contributed by atoms with Crippen molar-refractivity contribution in [2.45, 2.75) is 30.6 Å². The third-order valence-electron chi connectivity index (χ3n) is 10.0. The molecular formula is C52H44N4O10S. The number of hydrogen-bond donors (Lipinski definition) is 4. The number of anilines is 3. The number of ether oxygens (including phenoxy) is 2. The first-order valence-corrected chi connectivity index (χ1v) is 21.4. The fourth-order valence-corrected chi connectivity index (χ4v) is 7.27. The van der Waals surface area contributed by atoms with E-state index >= 15 is 0 Å². The molecule has 4 N–H and O–H groups in total. The molecule has 0 fully saturated rings. The van der Waals surface area contributed by atoms with Gasteiger partial charge in [0.15, 0.2) is 24.8 Å². The minimum absolute atomic E-state index is 0.0415. The van der Waals surface area contributed by atoms with Gasteiger partial charge in [-0.2, -0.15) is 0 Å². The number of nitrogens with one attached hydrogen (secondary N) is 4. The molecule has 0 bridgehead atoms. The topological polar surface area (TPSA) is 203 Å². The quantitative estimate of drug-likeness (QED) is 0.0502. The lowest BCUT2D eigenvalue weighted by molar-refractivity contribution is -0.119. The van der Waals surface area contributed by atoms with Crippen molar-refractivity contribution in [2.24, 2.45) is 0 Å². The van der Waals surface area contributed by atoms with Crippen molar-refractivity contribution in [3.8, 4) is 0 Å². The van der Waals surface area contributed by atoms with Gasteiger partial charge in [0.05, 0.1) is 22.3 Å². The Hall–Kier alpha value is -8.43. The summed E-state index contributed by atoms with van der Waals surface area (Å²) in [4.78, 5) is 105. The van der Waals surface area contributed by atoms with Crippen LogP contribution in [0.4, 0.5) is 17.1 Å². The highest BCUT2D eigenvalue weighted by molar-refractivity contribution is 7.99. The molecule has 0 aliphatic rings. The number of aryl methyl sites for hydroxylation is 1. The van der Waals surface area contributed by atoms with E-state index in [-0.39, 0.29) is 50.6 Å². The van der Waals surface area contributed by atoms with Crippen LogP contribution in [0.1, 0.15) is 81.6 Å². The lowest BCUT2D eigenvalue weighted by Gasteiger charge is -2.14. The summed E-state index contributed by atoms with van der Waals surface area (Å²) in [7, 11) is 1.38. The molecule has 6 aromatic rings. The standard InChI is InChI=1S/C52H44N4O10S/c1-29(2)45(57)27-65-51(63)41-19-17-39(25-43(41)49(61)53-6)67-40-18-20-42(52(64)66-28-46(58)30(3)4)44(26-40)50(62)56-36-12-8-11-35(24-36)48(60)55-38-16-14-32-22-37(15-13-33(32)23-38)54-47(59)34-10-7-9-31(5)21-34/h7-26H,1,3,27-28H2,2,4-6H3,(H,53,61)(H,54,59)(H,55,60)(H,56,62). The van der Waals surface area contributed by atoms with Crippen molar-refractivity contribution >= 4 is 86.7 Å². The van der Waals surface area contributed by atoms with E-state index in [0.29, 0.717) is 26.7 Å². The molecule has 67 heavy (non-hydrogen) atoms. The van der Waals surface area contributed by atoms with Crippen molar-refractivity contribution in [3.05, 3.63) is 185 Å². The fraction of sp³-hybridized carbons (Fsp3) is 0.115. The fourth-order valence-electron chi connectivity index (χ4n) is 6.37. The van der Waals surface area contributed by atoms with E-state index < -0.39 is 54.4 Å². The van der Waals surface area contributed by atoms with Gasteiger partial charge in [-0.25, -0.2) is 9.59 Å². The Kier molecular flexibility index (Phi) is 15.4. The largest absolute Gasteiger partial charge is 0.454 e. The molecule has 0 heterocycles. The van der Waals surface area contributed by atoms with E-state index in [0.717, 1.165) is 28.1 Å². The maximum Gasteiger partial charge on any atom is 0.339 e. The van der Waals surface area contributed by atoms with Crippen LogP contribution >= 0.6 is 11.8 Å². The zero-order valence-electron chi connectivity index (χ0n) is 36.9. The number of rotatable bonds is 17. The van der Waals surface area contributed by atoms with E-state index in [1.54, 1.807) is 54.6 Å². The van der Waals surface area contributed by atoms with Gasteiger partial charge in [-0.1, -0.05) is 60.8 Å². The number of Topliss-reactive ketones (excluding diaryl/α,β-unsaturated/α-hetero) is 2. The number of benzene rings is 6. The molecular weight excluding hydrogens is 873 g/mol. The highest BCUT2D eigenvalue weighted by Crippen LogP contribution is 2.32. The Morgan fingerprint density at radius 3 is 1.42 bits per heavy atom. The first-order valence-electron chi connectivity index (χ1n) is 20.5. The van der Waals surface area contributed by atoms with Gasteiger partial charge in [0.25, 0.3) is 23.6 Å². The SMILES string of the molecule is C=C(C)C(=O)COC(=O)c1ccc(Sc2ccc(C(=O)OCC(=O)C(=C)C)c(C(=O)Nc3cccc(C(=O)Nc4ccc5cc(NC(=O)c6cccc(C)c6)ccc5c4)c3)c2)cc1C(=O)NC. The third kappa shape index (κ3) is 12.4. The molecule has 14 nitrogen and oxygen atoms in total. The van der Waals surface area contributed by atoms with Crippen LogP contribution in [0.5, 0.6) is 0 Å². The van der Waals surface area contributed by atoms with Crippen molar-refractivity contribution in [3.63, 3.8) is 0 Å². The summed E-state index contributed by atoms with van der Waals surface area (Å²) in [6.07, 6.45) is 0. The number of amides is 4. The van der Waals surface area contributed by atoms with Crippen LogP contribution in [0, 0.1) is 6.92 Å². The maximum absolute atomic E-state index is 14.0. The van der Waals surface area contributed by atoms with Gasteiger partial charge in [0.1, 0.15) is 0 Å². The molecule has 15 heteroatoms. The van der Waals surface area contributed by atoms with Crippen LogP contribution in [-0.4, -0.2) is 67.4 Å². The average Bonchev–Trinajstić information content (AvgIpc) is 3.31. The van der Waals surface area contributed by atoms with E-state index in [2.05, 4.69) is 34.4 Å². The van der Waals surface area contributed by atoms with Gasteiger partial charge in [-0.3, -0.25) is 28.8 Å². The second kappa shape index (κ2) is 21.5. The van der Waals surface area contributed by atoms with Crippen LogP contribution in [0.2, 0.25) is 0 Å². The van der Waals surface area contributed by atoms with Gasteiger partial charge in [0, 0.05) is 45.0 Å². The molecule has 0 unspecified atom stereocenters. The second-order valence-electron chi connectivity index (χ2n) is 15.2. The van der Waals surface area contributed by atoms with Gasteiger partial charge < -0.3 is 30.7 Å². The van der Waals surface area contributed by atoms with Gasteiger partial charge >= 0.3 is 11.9 Å². The first kappa shape index (κ1) is 48.0. The predicted octanol–water partition coefficient (Wildman–Crippen LogP) is 9.02. The van der Waals surface area contributed by atoms with Gasteiger partial charge in [-0.05, 0) is 134 Å². The normalized spacial score (nSPS) is 10.6. The first-order chi connectivity index (χ1) is 32.0. The highest BCUT2D eigenvalue weighted by atomic mass is 32.2. The third-order valence-corrected chi connectivity index (χ3v) is 11.0. The lowest BCUT2D eigenvalue weighted by Crippen LogP contribution is -2.23. The summed E-state index contributed by atoms with van der Waals surface area (Å²) in [6.45, 7) is 10.8. The Bertz CT molecular complexity index is 3050. The molecule has 0 spiro atoms. The number of carbonyl (C=O) groups excluding carboxylic acids is 8. The number of fused-ring (bicyclic) bond motifs is 1. The van der Waals surface area contributed by atoms with Crippen molar-refractivity contribution < 1.29 is 47.8 Å². The lowest BCUT2D eigenvalue weighted by atomic mass is 10.1. The van der Waals surface area contributed by atoms with Crippen LogP contribution in [0.25, 0.3) is 10.8 Å². The van der Waals surface area contributed by atoms with Crippen molar-refractivity contribution in [1.29, 1.82) is 0 Å². The molecule has 0 saturated heterocycles. The molecule has 6 rings (SSSR count). The summed E-state index contributed by atoms with van der Waals surface area (Å²) in [5.41, 5.74) is 2.97. The molecule has 6 aromatic carbocycles. The van der Waals surface area contributed by atoms with Crippen molar-refractivity contribution in [2.75, 3.05) is 36.2 Å². The number of ketones is 2. The number of carbonyl (C=O) groups is 8. The van der Waals surface area contributed by atoms with Crippen LogP contribution < -0.4 is 21.3 Å². The molecule has 0 aliphatic heterocycles. The molecule has 0 aliphatic carbocycles. The highest BCUT2D eigenvalue weighted by Gasteiger charge is 2.23. The Labute approximate surface area is 389 Å². The van der Waals surface area contributed by atoms with Gasteiger partial charge in [0.2, 0.25) is 0 Å². The Balaban J connectivity index is 1.20. The van der Waals surface area contributed by atoms with E-state index in [1.165, 1.54) is 57.3 Å². The van der Waals surface area contributed by atoms with E-state index in [4.69, 9.17) is 9.47 Å². The predicted molar refractivity (Wildman–Crippen MR) is 256 cm³/mol. The molecule has 0 radical (unpaired) electrons. The molecule has 338 valence electrons. The second-order valence-corrected chi connectivity index (χ2v) is 16.4. The Morgan fingerprint density at radius 1 is 0.493 bits per heavy atom. The summed E-state index contributed by atoms with van der Waals surface area (Å²) < 4.78 is 10.4. The maximum atomic E-state index is 14.0.